The van der Waals surface area contributed by atoms with Crippen molar-refractivity contribution >= 4 is 41.4 Å². The standard InChI is InChI=1S/C36H51N7O8/c1-34(2,3)23(17-43-30(47)19-12-13-41(51-9)15-20(19)31(43)48)39-33(50)40-27(35(4,5)6)32(49)42-16-21-24(36(21,7)8)25(42)29(46)38-22(14-18-10-11-18)26(44)28(37)45/h12-13,15,18,21-25,27H,10-11,14,16-17H2,1-9H3,(H4-,37,38,39,40,45,46,50)/p+1/t21-,22?,23+,24-,25-,27+/m0/s1. The normalized spacial score (nSPS) is 23.8. The second-order valence-electron chi connectivity index (χ2n) is 17.2. The summed E-state index contributed by atoms with van der Waals surface area (Å²) < 4.78 is 1.32. The minimum atomic E-state index is -1.12. The fourth-order valence-electron chi connectivity index (χ4n) is 7.52. The Morgan fingerprint density at radius 3 is 2.16 bits per heavy atom. The second-order valence-corrected chi connectivity index (χ2v) is 17.2. The molecule has 5 rings (SSSR count). The molecule has 1 aromatic heterocycles. The smallest absolute Gasteiger partial charge is 0.315 e. The Morgan fingerprint density at radius 1 is 0.980 bits per heavy atom. The van der Waals surface area contributed by atoms with Gasteiger partial charge in [-0.2, -0.15) is 0 Å². The number of aromatic nitrogens is 1. The van der Waals surface area contributed by atoms with E-state index < -0.39 is 76.3 Å². The zero-order valence-corrected chi connectivity index (χ0v) is 31.0. The van der Waals surface area contributed by atoms with Gasteiger partial charge in [-0.15, -0.1) is 0 Å². The lowest BCUT2D eigenvalue weighted by molar-refractivity contribution is -0.885. The van der Waals surface area contributed by atoms with Crippen molar-refractivity contribution in [2.24, 2.45) is 39.7 Å². The molecule has 15 nitrogen and oxygen atoms in total. The Balaban J connectivity index is 1.32. The van der Waals surface area contributed by atoms with Gasteiger partial charge in [0.15, 0.2) is 0 Å². The molecular weight excluding hydrogens is 658 g/mol. The number of fused-ring (bicyclic) bond motifs is 2. The number of imide groups is 1. The van der Waals surface area contributed by atoms with Crippen LogP contribution in [0.4, 0.5) is 4.79 Å². The number of likely N-dealkylation sites (tertiary alicyclic amines) is 1. The van der Waals surface area contributed by atoms with Crippen LogP contribution >= 0.6 is 0 Å². The third-order valence-electron chi connectivity index (χ3n) is 11.1. The molecule has 7 amide bonds. The molecule has 0 radical (unpaired) electrons. The van der Waals surface area contributed by atoms with Crippen LogP contribution in [0.1, 0.15) is 95.4 Å². The largest absolute Gasteiger partial charge is 0.363 e. The molecule has 278 valence electrons. The topological polar surface area (TPSA) is 201 Å². The molecule has 0 bridgehead atoms. The van der Waals surface area contributed by atoms with Gasteiger partial charge in [0.25, 0.3) is 17.7 Å². The minimum absolute atomic E-state index is 0.0312. The lowest BCUT2D eigenvalue weighted by Gasteiger charge is -2.39. The molecule has 1 aromatic rings. The van der Waals surface area contributed by atoms with E-state index in [-0.39, 0.29) is 47.4 Å². The van der Waals surface area contributed by atoms with E-state index in [1.807, 2.05) is 34.6 Å². The van der Waals surface area contributed by atoms with Crippen molar-refractivity contribution < 1.29 is 43.1 Å². The number of rotatable bonds is 12. The highest BCUT2D eigenvalue weighted by molar-refractivity contribution is 6.37. The molecule has 0 aromatic carbocycles. The van der Waals surface area contributed by atoms with Gasteiger partial charge in [0.1, 0.15) is 24.8 Å². The first-order valence-corrected chi connectivity index (χ1v) is 17.5. The number of primary amides is 1. The summed E-state index contributed by atoms with van der Waals surface area (Å²) >= 11 is 0. The van der Waals surface area contributed by atoms with Crippen LogP contribution in [-0.4, -0.2) is 95.5 Å². The second kappa shape index (κ2) is 13.2. The molecule has 51 heavy (non-hydrogen) atoms. The number of piperidine rings is 1. The maximum absolute atomic E-state index is 14.4. The number of amides is 7. The summed E-state index contributed by atoms with van der Waals surface area (Å²) in [7, 11) is 1.43. The van der Waals surface area contributed by atoms with E-state index >= 15 is 0 Å². The van der Waals surface area contributed by atoms with E-state index in [1.165, 1.54) is 35.2 Å². The van der Waals surface area contributed by atoms with Crippen LogP contribution in [0, 0.1) is 34.0 Å². The van der Waals surface area contributed by atoms with E-state index in [9.17, 15) is 33.6 Å². The average molecular weight is 711 g/mol. The number of carbonyl (C=O) groups is 7. The molecular formula is C36H52N7O8+. The highest BCUT2D eigenvalue weighted by atomic mass is 16.6. The number of nitrogens with two attached hydrogens (primary N) is 1. The van der Waals surface area contributed by atoms with Crippen molar-refractivity contribution in [3.63, 3.8) is 0 Å². The van der Waals surface area contributed by atoms with Gasteiger partial charge in [-0.3, -0.25) is 38.5 Å². The van der Waals surface area contributed by atoms with Crippen LogP contribution in [-0.2, 0) is 19.2 Å². The van der Waals surface area contributed by atoms with E-state index in [0.717, 1.165) is 17.7 Å². The van der Waals surface area contributed by atoms with Gasteiger partial charge >= 0.3 is 6.03 Å². The van der Waals surface area contributed by atoms with Gasteiger partial charge < -0.3 is 26.6 Å². The zero-order valence-electron chi connectivity index (χ0n) is 31.0. The van der Waals surface area contributed by atoms with Crippen molar-refractivity contribution in [1.82, 2.24) is 25.8 Å². The minimum Gasteiger partial charge on any atom is -0.363 e. The van der Waals surface area contributed by atoms with E-state index in [4.69, 9.17) is 10.6 Å². The van der Waals surface area contributed by atoms with E-state index in [2.05, 4.69) is 16.0 Å². The first kappa shape index (κ1) is 37.7. The third kappa shape index (κ3) is 7.43. The number of ketones is 1. The summed E-state index contributed by atoms with van der Waals surface area (Å²) in [5.74, 6) is -3.90. The molecule has 3 heterocycles. The number of Topliss-reactive ketones (excluding diaryl/α,β-unsaturated/α-hetero) is 1. The first-order chi connectivity index (χ1) is 23.6. The van der Waals surface area contributed by atoms with Crippen molar-refractivity contribution in [2.45, 2.75) is 98.8 Å². The van der Waals surface area contributed by atoms with Gasteiger partial charge in [-0.25, -0.2) is 4.79 Å². The molecule has 15 heteroatoms. The molecule has 1 saturated heterocycles. The van der Waals surface area contributed by atoms with E-state index in [0.29, 0.717) is 6.42 Å². The molecule has 2 aliphatic heterocycles. The number of nitrogens with zero attached hydrogens (tertiary/aromatic N) is 3. The predicted octanol–water partition coefficient (Wildman–Crippen LogP) is 0.579. The molecule has 6 atom stereocenters. The van der Waals surface area contributed by atoms with E-state index in [1.54, 1.807) is 20.8 Å². The van der Waals surface area contributed by atoms with Gasteiger partial charge in [-0.05, 0) is 40.4 Å². The summed E-state index contributed by atoms with van der Waals surface area (Å²) in [5.41, 5.74) is 4.07. The van der Waals surface area contributed by atoms with Gasteiger partial charge in [-0.1, -0.05) is 68.2 Å². The number of pyridine rings is 1. The van der Waals surface area contributed by atoms with Gasteiger partial charge in [0.05, 0.1) is 24.2 Å². The van der Waals surface area contributed by atoms with Gasteiger partial charge in [0, 0.05) is 17.3 Å². The average Bonchev–Trinajstić information content (AvgIpc) is 3.86. The molecule has 0 spiro atoms. The lowest BCUT2D eigenvalue weighted by atomic mass is 9.85. The van der Waals surface area contributed by atoms with Crippen molar-refractivity contribution in [1.29, 1.82) is 0 Å². The quantitative estimate of drug-likeness (QED) is 0.137. The van der Waals surface area contributed by atoms with Crippen LogP contribution in [0.25, 0.3) is 0 Å². The molecule has 5 N–H and O–H groups in total. The van der Waals surface area contributed by atoms with Crippen molar-refractivity contribution in [3.05, 3.63) is 29.6 Å². The zero-order chi connectivity index (χ0) is 38.0. The Kier molecular flexibility index (Phi) is 9.76. The lowest BCUT2D eigenvalue weighted by Crippen LogP contribution is -2.62. The molecule has 2 saturated carbocycles. The Labute approximate surface area is 298 Å². The summed E-state index contributed by atoms with van der Waals surface area (Å²) in [6, 6.07) is -2.95. The van der Waals surface area contributed by atoms with Gasteiger partial charge in [0.2, 0.25) is 30.0 Å². The van der Waals surface area contributed by atoms with Crippen LogP contribution in [0.2, 0.25) is 0 Å². The Bertz CT molecular complexity index is 1660. The molecule has 2 aliphatic carbocycles. The SMILES string of the molecule is CO[n+]1ccc2c(c1)C(=O)N(C[C@@H](NC(=O)N[C@H](C(=O)N1C[C@H]3[C@@H]([C@H]1C(=O)NC(CC1CC1)C(=O)C(N)=O)C3(C)C)C(C)(C)C)C(C)(C)C)C2=O. The number of hydrogen-bond acceptors (Lipinski definition) is 8. The van der Waals surface area contributed by atoms with Crippen LogP contribution in [0.5, 0.6) is 0 Å². The highest BCUT2D eigenvalue weighted by Crippen LogP contribution is 2.65. The summed E-state index contributed by atoms with van der Waals surface area (Å²) in [5, 5.41) is 8.50. The maximum Gasteiger partial charge on any atom is 0.315 e. The monoisotopic (exact) mass is 710 g/mol. The van der Waals surface area contributed by atoms with Crippen LogP contribution in [0.15, 0.2) is 18.5 Å². The molecule has 3 fully saturated rings. The Hall–Kier alpha value is -4.56. The fraction of sp³-hybridized carbons (Fsp3) is 0.667. The molecule has 1 unspecified atom stereocenters. The third-order valence-corrected chi connectivity index (χ3v) is 11.1. The van der Waals surface area contributed by atoms with Crippen LogP contribution < -0.4 is 31.3 Å². The molecule has 4 aliphatic rings. The predicted molar refractivity (Wildman–Crippen MR) is 182 cm³/mol. The number of carbonyl (C=O) groups excluding carboxylic acids is 7. The number of hydrogen-bond donors (Lipinski definition) is 4. The van der Waals surface area contributed by atoms with Crippen LogP contribution in [0.3, 0.4) is 0 Å². The number of nitrogens with one attached hydrogen (secondary N) is 3. The Morgan fingerprint density at radius 2 is 1.61 bits per heavy atom. The first-order valence-electron chi connectivity index (χ1n) is 17.5. The highest BCUT2D eigenvalue weighted by Gasteiger charge is 2.70. The maximum atomic E-state index is 14.4. The summed E-state index contributed by atoms with van der Waals surface area (Å²) in [6.07, 6.45) is 5.06. The fourth-order valence-corrected chi connectivity index (χ4v) is 7.52. The summed E-state index contributed by atoms with van der Waals surface area (Å²) in [6.45, 7) is 15.2. The van der Waals surface area contributed by atoms with Crippen molar-refractivity contribution in [3.8, 4) is 0 Å². The number of urea groups is 1. The van der Waals surface area contributed by atoms with Crippen molar-refractivity contribution in [2.75, 3.05) is 20.2 Å². The summed E-state index contributed by atoms with van der Waals surface area (Å²) in [4.78, 5) is 101.